The van der Waals surface area contributed by atoms with Crippen LogP contribution < -0.4 is 5.73 Å². The first kappa shape index (κ1) is 16.1. The minimum Gasteiger partial charge on any atom is -0.383 e. The Kier molecular flexibility index (Phi) is 7.05. The summed E-state index contributed by atoms with van der Waals surface area (Å²) in [6.45, 7) is 6.69. The van der Waals surface area contributed by atoms with Gasteiger partial charge in [-0.3, -0.25) is 9.58 Å². The van der Waals surface area contributed by atoms with Crippen LogP contribution in [0.2, 0.25) is 0 Å². The van der Waals surface area contributed by atoms with Gasteiger partial charge < -0.3 is 10.5 Å². The molecule has 1 aromatic rings. The molecule has 5 heteroatoms. The van der Waals surface area contributed by atoms with Gasteiger partial charge in [-0.2, -0.15) is 5.10 Å². The number of ether oxygens (including phenoxy) is 1. The van der Waals surface area contributed by atoms with Crippen molar-refractivity contribution in [1.29, 1.82) is 0 Å². The summed E-state index contributed by atoms with van der Waals surface area (Å²) < 4.78 is 7.08. The molecule has 2 N–H and O–H groups in total. The van der Waals surface area contributed by atoms with Crippen LogP contribution >= 0.6 is 0 Å². The summed E-state index contributed by atoms with van der Waals surface area (Å²) in [5.74, 6) is 0. The molecular weight excluding hydrogens is 240 g/mol. The fourth-order valence-corrected chi connectivity index (χ4v) is 2.62. The van der Waals surface area contributed by atoms with Crippen LogP contribution in [0, 0.1) is 0 Å². The number of nitrogens with zero attached hydrogens (tertiary/aromatic N) is 3. The lowest BCUT2D eigenvalue weighted by Crippen LogP contribution is -2.42. The molecule has 0 aliphatic heterocycles. The van der Waals surface area contributed by atoms with E-state index in [2.05, 4.69) is 30.0 Å². The van der Waals surface area contributed by atoms with Crippen molar-refractivity contribution in [1.82, 2.24) is 14.7 Å². The highest BCUT2D eigenvalue weighted by atomic mass is 16.5. The van der Waals surface area contributed by atoms with Crippen LogP contribution in [-0.4, -0.2) is 47.5 Å². The van der Waals surface area contributed by atoms with Gasteiger partial charge in [0.1, 0.15) is 0 Å². The first-order chi connectivity index (χ1) is 9.17. The zero-order valence-corrected chi connectivity index (χ0v) is 12.7. The van der Waals surface area contributed by atoms with Crippen molar-refractivity contribution in [2.24, 2.45) is 12.8 Å². The Hall–Kier alpha value is -0.910. The predicted octanol–water partition coefficient (Wildman–Crippen LogP) is 1.56. The molecule has 1 atom stereocenters. The van der Waals surface area contributed by atoms with Gasteiger partial charge in [-0.1, -0.05) is 13.8 Å². The number of rotatable bonds is 9. The molecule has 0 saturated heterocycles. The Labute approximate surface area is 116 Å². The molecule has 0 bridgehead atoms. The van der Waals surface area contributed by atoms with Crippen molar-refractivity contribution in [2.45, 2.75) is 38.8 Å². The molecule has 0 spiro atoms. The summed E-state index contributed by atoms with van der Waals surface area (Å²) in [5, 5.41) is 4.26. The standard InChI is InChI=1S/C14H28N4O/c1-5-13(6-2)18(7-8-19-4)14(9-15)12-10-16-17(3)11-12/h10-11,13-14H,5-9,15H2,1-4H3. The molecule has 0 saturated carbocycles. The largest absolute Gasteiger partial charge is 0.383 e. The third-order valence-corrected chi connectivity index (χ3v) is 3.70. The normalized spacial score (nSPS) is 13.4. The molecule has 1 unspecified atom stereocenters. The van der Waals surface area contributed by atoms with Gasteiger partial charge in [-0.25, -0.2) is 0 Å². The number of aromatic nitrogens is 2. The zero-order chi connectivity index (χ0) is 14.3. The summed E-state index contributed by atoms with van der Waals surface area (Å²) in [6.07, 6.45) is 6.22. The van der Waals surface area contributed by atoms with E-state index >= 15 is 0 Å². The molecule has 0 fully saturated rings. The molecule has 1 heterocycles. The van der Waals surface area contributed by atoms with E-state index in [1.165, 1.54) is 5.56 Å². The monoisotopic (exact) mass is 268 g/mol. The first-order valence-electron chi connectivity index (χ1n) is 7.11. The van der Waals surface area contributed by atoms with E-state index in [0.29, 0.717) is 12.6 Å². The van der Waals surface area contributed by atoms with Crippen LogP contribution in [0.1, 0.15) is 38.3 Å². The summed E-state index contributed by atoms with van der Waals surface area (Å²) in [7, 11) is 3.68. The van der Waals surface area contributed by atoms with E-state index in [1.54, 1.807) is 7.11 Å². The van der Waals surface area contributed by atoms with Gasteiger partial charge in [0, 0.05) is 45.0 Å². The van der Waals surface area contributed by atoms with Crippen molar-refractivity contribution in [3.8, 4) is 0 Å². The van der Waals surface area contributed by atoms with Gasteiger partial charge in [0.25, 0.3) is 0 Å². The molecule has 1 rings (SSSR count). The summed E-state index contributed by atoms with van der Waals surface area (Å²) in [6, 6.07) is 0.748. The third kappa shape index (κ3) is 4.30. The summed E-state index contributed by atoms with van der Waals surface area (Å²) in [5.41, 5.74) is 7.20. The topological polar surface area (TPSA) is 56.3 Å². The minimum absolute atomic E-state index is 0.216. The predicted molar refractivity (Wildman–Crippen MR) is 78.0 cm³/mol. The molecule has 0 radical (unpaired) electrons. The smallest absolute Gasteiger partial charge is 0.0590 e. The number of hydrogen-bond acceptors (Lipinski definition) is 4. The Balaban J connectivity index is 2.91. The average Bonchev–Trinajstić information content (AvgIpc) is 2.84. The minimum atomic E-state index is 0.216. The van der Waals surface area contributed by atoms with E-state index in [9.17, 15) is 0 Å². The van der Waals surface area contributed by atoms with E-state index in [4.69, 9.17) is 10.5 Å². The SMILES string of the molecule is CCC(CC)N(CCOC)C(CN)c1cnn(C)c1. The average molecular weight is 268 g/mol. The van der Waals surface area contributed by atoms with Gasteiger partial charge in [-0.15, -0.1) is 0 Å². The van der Waals surface area contributed by atoms with Crippen LogP contribution in [-0.2, 0) is 11.8 Å². The Morgan fingerprint density at radius 1 is 1.42 bits per heavy atom. The number of hydrogen-bond donors (Lipinski definition) is 1. The quantitative estimate of drug-likeness (QED) is 0.738. The molecule has 1 aromatic heterocycles. The maximum Gasteiger partial charge on any atom is 0.0590 e. The summed E-state index contributed by atoms with van der Waals surface area (Å²) in [4.78, 5) is 2.46. The lowest BCUT2D eigenvalue weighted by atomic mass is 10.0. The lowest BCUT2D eigenvalue weighted by Gasteiger charge is -2.36. The maximum absolute atomic E-state index is 6.01. The lowest BCUT2D eigenvalue weighted by molar-refractivity contribution is 0.0817. The van der Waals surface area contributed by atoms with Gasteiger partial charge in [0.15, 0.2) is 0 Å². The van der Waals surface area contributed by atoms with Gasteiger partial charge >= 0.3 is 0 Å². The fourth-order valence-electron chi connectivity index (χ4n) is 2.62. The molecule has 19 heavy (non-hydrogen) atoms. The third-order valence-electron chi connectivity index (χ3n) is 3.70. The number of nitrogens with two attached hydrogens (primary N) is 1. The molecule has 0 amide bonds. The summed E-state index contributed by atoms with van der Waals surface area (Å²) >= 11 is 0. The van der Waals surface area contributed by atoms with Crippen LogP contribution in [0.25, 0.3) is 0 Å². The Bertz CT molecular complexity index is 349. The zero-order valence-electron chi connectivity index (χ0n) is 12.7. The number of methoxy groups -OCH3 is 1. The molecule has 110 valence electrons. The van der Waals surface area contributed by atoms with Crippen LogP contribution in [0.5, 0.6) is 0 Å². The van der Waals surface area contributed by atoms with E-state index in [0.717, 1.165) is 26.0 Å². The van der Waals surface area contributed by atoms with Crippen LogP contribution in [0.4, 0.5) is 0 Å². The second-order valence-electron chi connectivity index (χ2n) is 4.90. The highest BCUT2D eigenvalue weighted by molar-refractivity contribution is 5.11. The Morgan fingerprint density at radius 3 is 2.53 bits per heavy atom. The van der Waals surface area contributed by atoms with Crippen molar-refractivity contribution in [3.05, 3.63) is 18.0 Å². The second-order valence-corrected chi connectivity index (χ2v) is 4.90. The molecular formula is C14H28N4O. The van der Waals surface area contributed by atoms with Crippen molar-refractivity contribution in [2.75, 3.05) is 26.8 Å². The van der Waals surface area contributed by atoms with Gasteiger partial charge in [-0.05, 0) is 12.8 Å². The highest BCUT2D eigenvalue weighted by Crippen LogP contribution is 2.24. The van der Waals surface area contributed by atoms with Crippen molar-refractivity contribution < 1.29 is 4.74 Å². The van der Waals surface area contributed by atoms with Gasteiger partial charge in [0.05, 0.1) is 18.8 Å². The molecule has 0 aliphatic rings. The maximum atomic E-state index is 6.01. The highest BCUT2D eigenvalue weighted by Gasteiger charge is 2.25. The van der Waals surface area contributed by atoms with Crippen molar-refractivity contribution in [3.63, 3.8) is 0 Å². The number of aryl methyl sites for hydroxylation is 1. The van der Waals surface area contributed by atoms with Gasteiger partial charge in [0.2, 0.25) is 0 Å². The first-order valence-corrected chi connectivity index (χ1v) is 7.11. The van der Waals surface area contributed by atoms with E-state index in [1.807, 2.05) is 17.9 Å². The molecule has 0 aliphatic carbocycles. The van der Waals surface area contributed by atoms with E-state index < -0.39 is 0 Å². The van der Waals surface area contributed by atoms with Crippen LogP contribution in [0.3, 0.4) is 0 Å². The van der Waals surface area contributed by atoms with Crippen LogP contribution in [0.15, 0.2) is 12.4 Å². The Morgan fingerprint density at radius 2 is 2.11 bits per heavy atom. The second kappa shape index (κ2) is 8.30. The molecule has 5 nitrogen and oxygen atoms in total. The van der Waals surface area contributed by atoms with E-state index in [-0.39, 0.29) is 6.04 Å². The fraction of sp³-hybridized carbons (Fsp3) is 0.786. The van der Waals surface area contributed by atoms with Crippen molar-refractivity contribution >= 4 is 0 Å². The molecule has 0 aromatic carbocycles.